The van der Waals surface area contributed by atoms with Crippen molar-refractivity contribution in [2.45, 2.75) is 19.0 Å². The quantitative estimate of drug-likeness (QED) is 0.260. The van der Waals surface area contributed by atoms with Crippen molar-refractivity contribution in [2.24, 2.45) is 0 Å². The summed E-state index contributed by atoms with van der Waals surface area (Å²) in [6.45, 7) is 1.92. The first-order valence-corrected chi connectivity index (χ1v) is 12.4. The Morgan fingerprint density at radius 3 is 2.05 bits per heavy atom. The summed E-state index contributed by atoms with van der Waals surface area (Å²) in [5.41, 5.74) is 4.16. The van der Waals surface area contributed by atoms with Crippen LogP contribution in [-0.2, 0) is 4.79 Å². The summed E-state index contributed by atoms with van der Waals surface area (Å²) in [5, 5.41) is 3.09. The zero-order chi connectivity index (χ0) is 26.3. The first kappa shape index (κ1) is 24.7. The van der Waals surface area contributed by atoms with E-state index in [1.165, 1.54) is 11.2 Å². The molecule has 188 valence electrons. The molecular weight excluding hydrogens is 474 g/mol. The number of hydrogen-bond acceptors (Lipinski definition) is 4. The van der Waals surface area contributed by atoms with Gasteiger partial charge in [0, 0.05) is 23.6 Å². The van der Waals surface area contributed by atoms with Gasteiger partial charge in [-0.15, -0.1) is 0 Å². The third kappa shape index (κ3) is 5.39. The Labute approximate surface area is 221 Å². The standard InChI is InChI=1S/C32H27N3O3/c1-23(24-10-4-2-5-11-24)34-31(36)30(27-14-8-20-33-22-27)35(32(37)29-15-9-21-38-29)28-18-16-26(17-19-28)25-12-6-3-7-13-25/h2-23,30H,1H3,(H,34,36)/t23-,30+/m0/s1. The molecule has 2 amide bonds. The average Bonchev–Trinajstić information content (AvgIpc) is 3.52. The largest absolute Gasteiger partial charge is 0.459 e. The third-order valence-electron chi connectivity index (χ3n) is 6.37. The minimum Gasteiger partial charge on any atom is -0.459 e. The fourth-order valence-corrected chi connectivity index (χ4v) is 4.42. The van der Waals surface area contributed by atoms with E-state index in [0.29, 0.717) is 11.3 Å². The first-order valence-electron chi connectivity index (χ1n) is 12.4. The zero-order valence-corrected chi connectivity index (χ0v) is 20.9. The predicted octanol–water partition coefficient (Wildman–Crippen LogP) is 6.61. The van der Waals surface area contributed by atoms with E-state index in [1.807, 2.05) is 91.9 Å². The fourth-order valence-electron chi connectivity index (χ4n) is 4.42. The van der Waals surface area contributed by atoms with Crippen molar-refractivity contribution in [3.05, 3.63) is 145 Å². The fraction of sp³-hybridized carbons (Fsp3) is 0.0938. The number of benzene rings is 3. The Balaban J connectivity index is 1.56. The summed E-state index contributed by atoms with van der Waals surface area (Å²) in [6.07, 6.45) is 4.69. The number of nitrogens with zero attached hydrogens (tertiary/aromatic N) is 2. The van der Waals surface area contributed by atoms with Gasteiger partial charge >= 0.3 is 0 Å². The van der Waals surface area contributed by atoms with E-state index in [1.54, 1.807) is 36.7 Å². The highest BCUT2D eigenvalue weighted by atomic mass is 16.3. The molecule has 1 N–H and O–H groups in total. The number of furan rings is 1. The van der Waals surface area contributed by atoms with Gasteiger partial charge in [-0.1, -0.05) is 78.9 Å². The number of carbonyl (C=O) groups excluding carboxylic acids is 2. The van der Waals surface area contributed by atoms with Gasteiger partial charge < -0.3 is 9.73 Å². The smallest absolute Gasteiger partial charge is 0.294 e. The van der Waals surface area contributed by atoms with Crippen LogP contribution in [0, 0.1) is 0 Å². The average molecular weight is 502 g/mol. The Morgan fingerprint density at radius 2 is 1.42 bits per heavy atom. The maximum atomic E-state index is 13.9. The van der Waals surface area contributed by atoms with Crippen molar-refractivity contribution in [2.75, 3.05) is 4.90 Å². The Kier molecular flexibility index (Phi) is 7.41. The van der Waals surface area contributed by atoms with E-state index < -0.39 is 11.9 Å². The lowest BCUT2D eigenvalue weighted by Crippen LogP contribution is -2.44. The van der Waals surface area contributed by atoms with Crippen LogP contribution >= 0.6 is 0 Å². The number of amides is 2. The van der Waals surface area contributed by atoms with Crippen molar-refractivity contribution in [1.82, 2.24) is 10.3 Å². The SMILES string of the molecule is C[C@H](NC(=O)[C@@H](c1cccnc1)N(C(=O)c1ccco1)c1ccc(-c2ccccc2)cc1)c1ccccc1. The van der Waals surface area contributed by atoms with Gasteiger partial charge in [-0.2, -0.15) is 0 Å². The lowest BCUT2D eigenvalue weighted by atomic mass is 10.0. The van der Waals surface area contributed by atoms with Crippen LogP contribution in [0.5, 0.6) is 0 Å². The minimum atomic E-state index is -0.991. The summed E-state index contributed by atoms with van der Waals surface area (Å²) < 4.78 is 5.47. The Hall–Kier alpha value is -4.97. The summed E-state index contributed by atoms with van der Waals surface area (Å²) in [5.74, 6) is -0.629. The lowest BCUT2D eigenvalue weighted by Gasteiger charge is -2.31. The molecule has 0 aliphatic carbocycles. The molecule has 0 aliphatic rings. The normalized spacial score (nSPS) is 12.3. The van der Waals surface area contributed by atoms with Gasteiger partial charge in [0.15, 0.2) is 5.76 Å². The second-order valence-electron chi connectivity index (χ2n) is 8.90. The van der Waals surface area contributed by atoms with Crippen LogP contribution in [0.15, 0.2) is 132 Å². The van der Waals surface area contributed by atoms with Gasteiger partial charge in [0.05, 0.1) is 12.3 Å². The monoisotopic (exact) mass is 501 g/mol. The van der Waals surface area contributed by atoms with E-state index in [9.17, 15) is 9.59 Å². The van der Waals surface area contributed by atoms with Crippen LogP contribution in [0.25, 0.3) is 11.1 Å². The molecule has 0 bridgehead atoms. The number of carbonyl (C=O) groups is 2. The third-order valence-corrected chi connectivity index (χ3v) is 6.37. The molecule has 6 heteroatoms. The molecule has 0 fully saturated rings. The number of aromatic nitrogens is 1. The van der Waals surface area contributed by atoms with Gasteiger partial charge in [0.1, 0.15) is 6.04 Å². The van der Waals surface area contributed by atoms with Crippen molar-refractivity contribution in [3.63, 3.8) is 0 Å². The first-order chi connectivity index (χ1) is 18.6. The highest BCUT2D eigenvalue weighted by Crippen LogP contribution is 2.32. The van der Waals surface area contributed by atoms with Crippen LogP contribution in [0.2, 0.25) is 0 Å². The maximum Gasteiger partial charge on any atom is 0.294 e. The van der Waals surface area contributed by atoms with Gasteiger partial charge in [-0.05, 0) is 53.9 Å². The number of anilines is 1. The van der Waals surface area contributed by atoms with Crippen molar-refractivity contribution >= 4 is 17.5 Å². The second-order valence-corrected chi connectivity index (χ2v) is 8.90. The number of hydrogen-bond donors (Lipinski definition) is 1. The Bertz CT molecular complexity index is 1470. The molecule has 2 aromatic heterocycles. The molecule has 38 heavy (non-hydrogen) atoms. The molecule has 0 saturated heterocycles. The lowest BCUT2D eigenvalue weighted by molar-refractivity contribution is -0.123. The molecule has 3 aromatic carbocycles. The van der Waals surface area contributed by atoms with Gasteiger partial charge in [0.2, 0.25) is 5.91 Å². The van der Waals surface area contributed by atoms with E-state index in [4.69, 9.17) is 4.42 Å². The van der Waals surface area contributed by atoms with Crippen molar-refractivity contribution in [1.29, 1.82) is 0 Å². The number of rotatable bonds is 8. The molecule has 5 rings (SSSR count). The molecular formula is C32H27N3O3. The van der Waals surface area contributed by atoms with E-state index in [0.717, 1.165) is 16.7 Å². The number of pyridine rings is 1. The topological polar surface area (TPSA) is 75.4 Å². The van der Waals surface area contributed by atoms with Gasteiger partial charge in [-0.25, -0.2) is 0 Å². The van der Waals surface area contributed by atoms with Crippen LogP contribution < -0.4 is 10.2 Å². The Morgan fingerprint density at radius 1 is 0.763 bits per heavy atom. The summed E-state index contributed by atoms with van der Waals surface area (Å²) in [7, 11) is 0. The van der Waals surface area contributed by atoms with Crippen molar-refractivity contribution in [3.8, 4) is 11.1 Å². The minimum absolute atomic E-state index is 0.134. The molecule has 0 saturated carbocycles. The molecule has 5 aromatic rings. The van der Waals surface area contributed by atoms with Crippen LogP contribution in [0.3, 0.4) is 0 Å². The van der Waals surface area contributed by atoms with Crippen LogP contribution in [-0.4, -0.2) is 16.8 Å². The van der Waals surface area contributed by atoms with Gasteiger partial charge in [0.25, 0.3) is 5.91 Å². The molecule has 6 nitrogen and oxygen atoms in total. The summed E-state index contributed by atoms with van der Waals surface area (Å²) in [4.78, 5) is 33.5. The van der Waals surface area contributed by atoms with E-state index in [2.05, 4.69) is 10.3 Å². The van der Waals surface area contributed by atoms with E-state index >= 15 is 0 Å². The molecule has 0 radical (unpaired) electrons. The van der Waals surface area contributed by atoms with Crippen LogP contribution in [0.1, 0.15) is 40.7 Å². The van der Waals surface area contributed by atoms with E-state index in [-0.39, 0.29) is 17.7 Å². The highest BCUT2D eigenvalue weighted by Gasteiger charge is 2.35. The molecule has 2 heterocycles. The molecule has 0 aliphatic heterocycles. The summed E-state index contributed by atoms with van der Waals surface area (Å²) in [6, 6.07) is 32.8. The molecule has 2 atom stereocenters. The molecule has 0 spiro atoms. The van der Waals surface area contributed by atoms with Crippen molar-refractivity contribution < 1.29 is 14.0 Å². The van der Waals surface area contributed by atoms with Crippen LogP contribution in [0.4, 0.5) is 5.69 Å². The maximum absolute atomic E-state index is 13.9. The zero-order valence-electron chi connectivity index (χ0n) is 20.9. The summed E-state index contributed by atoms with van der Waals surface area (Å²) >= 11 is 0. The number of nitrogens with one attached hydrogen (secondary N) is 1. The molecule has 0 unspecified atom stereocenters. The van der Waals surface area contributed by atoms with Gasteiger partial charge in [-0.3, -0.25) is 19.5 Å². The highest BCUT2D eigenvalue weighted by molar-refractivity contribution is 6.08. The predicted molar refractivity (Wildman–Crippen MR) is 147 cm³/mol. The second kappa shape index (κ2) is 11.4.